The summed E-state index contributed by atoms with van der Waals surface area (Å²) in [6, 6.07) is 0. The molecule has 2 unspecified atom stereocenters. The summed E-state index contributed by atoms with van der Waals surface area (Å²) in [5.41, 5.74) is 2.50. The monoisotopic (exact) mass is 244 g/mol. The van der Waals surface area contributed by atoms with E-state index in [0.717, 1.165) is 18.4 Å². The Balaban J connectivity index is 2.34. The van der Waals surface area contributed by atoms with E-state index in [1.807, 2.05) is 12.2 Å². The van der Waals surface area contributed by atoms with Crippen LogP contribution in [0.5, 0.6) is 0 Å². The molecular weight excluding hydrogens is 231 g/mol. The van der Waals surface area contributed by atoms with Crippen LogP contribution in [0.2, 0.25) is 0 Å². The van der Waals surface area contributed by atoms with Gasteiger partial charge < -0.3 is 0 Å². The van der Waals surface area contributed by atoms with Crippen LogP contribution >= 0.6 is 23.2 Å². The third-order valence-corrected chi connectivity index (χ3v) is 4.35. The van der Waals surface area contributed by atoms with Crippen LogP contribution in [0.3, 0.4) is 0 Å². The van der Waals surface area contributed by atoms with Crippen LogP contribution in [0.25, 0.3) is 0 Å². The molecule has 0 amide bonds. The number of fused-ring (bicyclic) bond motifs is 1. The minimum absolute atomic E-state index is 0.00330. The van der Waals surface area contributed by atoms with Crippen LogP contribution in [-0.2, 0) is 4.79 Å². The summed E-state index contributed by atoms with van der Waals surface area (Å²) < 4.78 is -1.17. The molecule has 0 saturated heterocycles. The van der Waals surface area contributed by atoms with Crippen molar-refractivity contribution >= 4 is 29.0 Å². The lowest BCUT2D eigenvalue weighted by atomic mass is 9.70. The van der Waals surface area contributed by atoms with Crippen molar-refractivity contribution < 1.29 is 4.79 Å². The minimum Gasteiger partial charge on any atom is -0.296 e. The van der Waals surface area contributed by atoms with E-state index in [-0.39, 0.29) is 17.6 Å². The van der Waals surface area contributed by atoms with Gasteiger partial charge in [0, 0.05) is 5.92 Å². The summed E-state index contributed by atoms with van der Waals surface area (Å²) in [5, 5.41) is 0. The van der Waals surface area contributed by atoms with E-state index < -0.39 is 4.33 Å². The third-order valence-electron chi connectivity index (χ3n) is 3.47. The molecule has 1 saturated carbocycles. The number of allylic oxidation sites excluding steroid dienone is 4. The molecule has 0 radical (unpaired) electrons. The van der Waals surface area contributed by atoms with E-state index in [2.05, 4.69) is 13.8 Å². The first-order valence-corrected chi connectivity index (χ1v) is 6.11. The molecule has 0 aromatic heterocycles. The lowest BCUT2D eigenvalue weighted by Gasteiger charge is -2.41. The van der Waals surface area contributed by atoms with Crippen LogP contribution in [0, 0.1) is 11.8 Å². The molecule has 15 heavy (non-hydrogen) atoms. The molecule has 0 aromatic rings. The highest BCUT2D eigenvalue weighted by atomic mass is 35.5. The quantitative estimate of drug-likeness (QED) is 0.678. The molecule has 82 valence electrons. The maximum absolute atomic E-state index is 11.8. The highest BCUT2D eigenvalue weighted by Gasteiger charge is 2.62. The zero-order valence-electron chi connectivity index (χ0n) is 8.89. The molecule has 0 N–H and O–H groups in total. The van der Waals surface area contributed by atoms with Gasteiger partial charge in [0.2, 0.25) is 0 Å². The van der Waals surface area contributed by atoms with Crippen molar-refractivity contribution in [3.8, 4) is 0 Å². The van der Waals surface area contributed by atoms with Gasteiger partial charge in [0.25, 0.3) is 0 Å². The minimum atomic E-state index is -1.17. The van der Waals surface area contributed by atoms with E-state index in [0.29, 0.717) is 0 Å². The van der Waals surface area contributed by atoms with Gasteiger partial charge in [0.05, 0.1) is 5.92 Å². The van der Waals surface area contributed by atoms with Crippen molar-refractivity contribution in [3.05, 3.63) is 23.3 Å². The Morgan fingerprint density at radius 3 is 2.53 bits per heavy atom. The zero-order valence-corrected chi connectivity index (χ0v) is 10.4. The number of carbonyl (C=O) groups excluding carboxylic acids is 1. The number of ketones is 1. The molecule has 2 atom stereocenters. The molecule has 2 rings (SSSR count). The lowest BCUT2D eigenvalue weighted by Crippen LogP contribution is -2.54. The Bertz CT molecular complexity index is 360. The van der Waals surface area contributed by atoms with Gasteiger partial charge in [-0.25, -0.2) is 0 Å². The summed E-state index contributed by atoms with van der Waals surface area (Å²) in [7, 11) is 0. The van der Waals surface area contributed by atoms with Gasteiger partial charge in [-0.05, 0) is 18.4 Å². The molecule has 0 aliphatic heterocycles. The Morgan fingerprint density at radius 1 is 1.40 bits per heavy atom. The SMILES string of the molecule is CCC(CC)=C1C=CC2C1C(=O)C2(Cl)Cl. The molecular formula is C12H14Cl2O. The first kappa shape index (κ1) is 11.2. The van der Waals surface area contributed by atoms with E-state index in [1.54, 1.807) is 0 Å². The van der Waals surface area contributed by atoms with Crippen molar-refractivity contribution in [2.75, 3.05) is 0 Å². The number of rotatable bonds is 2. The highest BCUT2D eigenvalue weighted by Crippen LogP contribution is 2.56. The molecule has 1 fully saturated rings. The van der Waals surface area contributed by atoms with Crippen molar-refractivity contribution in [3.63, 3.8) is 0 Å². The fraction of sp³-hybridized carbons (Fsp3) is 0.583. The molecule has 2 aliphatic rings. The molecule has 2 aliphatic carbocycles. The number of hydrogen-bond donors (Lipinski definition) is 0. The predicted molar refractivity (Wildman–Crippen MR) is 63.2 cm³/mol. The van der Waals surface area contributed by atoms with Gasteiger partial charge in [-0.2, -0.15) is 0 Å². The Kier molecular flexibility index (Phi) is 2.72. The van der Waals surface area contributed by atoms with Crippen LogP contribution < -0.4 is 0 Å². The summed E-state index contributed by atoms with van der Waals surface area (Å²) in [6.07, 6.45) is 5.99. The van der Waals surface area contributed by atoms with Gasteiger partial charge in [0.1, 0.15) is 0 Å². The average Bonchev–Trinajstić information content (AvgIpc) is 2.62. The molecule has 0 bridgehead atoms. The second kappa shape index (κ2) is 3.64. The molecule has 0 heterocycles. The predicted octanol–water partition coefficient (Wildman–Crippen LogP) is 3.66. The second-order valence-electron chi connectivity index (χ2n) is 4.12. The molecule has 0 aromatic carbocycles. The molecule has 1 nitrogen and oxygen atoms in total. The summed E-state index contributed by atoms with van der Waals surface area (Å²) in [5.74, 6) is -0.0958. The molecule has 3 heteroatoms. The van der Waals surface area contributed by atoms with Gasteiger partial charge in [-0.3, -0.25) is 4.79 Å². The average molecular weight is 245 g/mol. The Labute approximate surface area is 100 Å². The van der Waals surface area contributed by atoms with E-state index in [1.165, 1.54) is 5.57 Å². The van der Waals surface area contributed by atoms with E-state index >= 15 is 0 Å². The van der Waals surface area contributed by atoms with Gasteiger partial charge in [0.15, 0.2) is 10.1 Å². The summed E-state index contributed by atoms with van der Waals surface area (Å²) in [4.78, 5) is 11.8. The lowest BCUT2D eigenvalue weighted by molar-refractivity contribution is -0.131. The fourth-order valence-corrected chi connectivity index (χ4v) is 3.15. The van der Waals surface area contributed by atoms with Crippen LogP contribution in [-0.4, -0.2) is 10.1 Å². The summed E-state index contributed by atoms with van der Waals surface area (Å²) in [6.45, 7) is 4.23. The largest absolute Gasteiger partial charge is 0.296 e. The van der Waals surface area contributed by atoms with Crippen molar-refractivity contribution in [1.29, 1.82) is 0 Å². The van der Waals surface area contributed by atoms with Crippen molar-refractivity contribution in [2.24, 2.45) is 11.8 Å². The third kappa shape index (κ3) is 1.40. The fourth-order valence-electron chi connectivity index (χ4n) is 2.52. The van der Waals surface area contributed by atoms with E-state index in [9.17, 15) is 4.79 Å². The standard InChI is InChI=1S/C12H14Cl2O/c1-3-7(4-2)8-5-6-9-10(8)11(15)12(9,13)14/h5-6,9-10H,3-4H2,1-2H3. The maximum atomic E-state index is 11.8. The number of hydrogen-bond acceptors (Lipinski definition) is 1. The first-order valence-electron chi connectivity index (χ1n) is 5.36. The number of halogens is 2. The Hall–Kier alpha value is -0.270. The number of Topliss-reactive ketones (excluding diaryl/α,β-unsaturated/α-hetero) is 1. The number of alkyl halides is 2. The number of carbonyl (C=O) groups is 1. The van der Waals surface area contributed by atoms with Crippen molar-refractivity contribution in [1.82, 2.24) is 0 Å². The maximum Gasteiger partial charge on any atom is 0.183 e. The normalized spacial score (nSPS) is 31.5. The summed E-state index contributed by atoms with van der Waals surface area (Å²) >= 11 is 11.9. The van der Waals surface area contributed by atoms with Crippen molar-refractivity contribution in [2.45, 2.75) is 31.0 Å². The smallest absolute Gasteiger partial charge is 0.183 e. The van der Waals surface area contributed by atoms with Gasteiger partial charge >= 0.3 is 0 Å². The first-order chi connectivity index (χ1) is 7.04. The van der Waals surface area contributed by atoms with Crippen LogP contribution in [0.15, 0.2) is 23.3 Å². The van der Waals surface area contributed by atoms with E-state index in [4.69, 9.17) is 23.2 Å². The van der Waals surface area contributed by atoms with Gasteiger partial charge in [-0.15, -0.1) is 0 Å². The van der Waals surface area contributed by atoms with Crippen LogP contribution in [0.1, 0.15) is 26.7 Å². The zero-order chi connectivity index (χ0) is 11.2. The highest BCUT2D eigenvalue weighted by molar-refractivity contribution is 6.61. The molecule has 0 spiro atoms. The topological polar surface area (TPSA) is 17.1 Å². The van der Waals surface area contributed by atoms with Crippen LogP contribution in [0.4, 0.5) is 0 Å². The van der Waals surface area contributed by atoms with Gasteiger partial charge in [-0.1, -0.05) is 54.8 Å². The Morgan fingerprint density at radius 2 is 2.00 bits per heavy atom. The second-order valence-corrected chi connectivity index (χ2v) is 5.50.